The molecule has 1 amide bonds. The highest BCUT2D eigenvalue weighted by atomic mass is 35.5. The van der Waals surface area contributed by atoms with E-state index in [9.17, 15) is 4.79 Å². The average Bonchev–Trinajstić information content (AvgIpc) is 2.51. The molecule has 2 atom stereocenters. The van der Waals surface area contributed by atoms with E-state index >= 15 is 0 Å². The summed E-state index contributed by atoms with van der Waals surface area (Å²) in [5, 5.41) is 2.87. The van der Waals surface area contributed by atoms with Crippen molar-refractivity contribution >= 4 is 36.5 Å². The molecule has 0 radical (unpaired) electrons. The van der Waals surface area contributed by atoms with E-state index in [0.29, 0.717) is 6.54 Å². The van der Waals surface area contributed by atoms with Gasteiger partial charge in [0.15, 0.2) is 0 Å². The van der Waals surface area contributed by atoms with Gasteiger partial charge in [-0.3, -0.25) is 4.79 Å². The molecule has 1 aliphatic rings. The third-order valence-corrected chi connectivity index (χ3v) is 4.06. The topological polar surface area (TPSA) is 80.5 Å². The van der Waals surface area contributed by atoms with Gasteiger partial charge >= 0.3 is 0 Å². The molecule has 0 aromatic carbocycles. The number of carbonyl (C=O) groups is 1. The normalized spacial score (nSPS) is 18.6. The van der Waals surface area contributed by atoms with E-state index in [1.807, 2.05) is 32.9 Å². The average molecular weight is 393 g/mol. The molecule has 1 aromatic heterocycles. The molecule has 3 N–H and O–H groups in total. The quantitative estimate of drug-likeness (QED) is 0.819. The highest BCUT2D eigenvalue weighted by Gasteiger charge is 2.27. The highest BCUT2D eigenvalue weighted by molar-refractivity contribution is 5.85. The van der Waals surface area contributed by atoms with Crippen LogP contribution in [0.15, 0.2) is 18.3 Å². The van der Waals surface area contributed by atoms with E-state index in [-0.39, 0.29) is 42.2 Å². The second-order valence-corrected chi connectivity index (χ2v) is 7.21. The number of hydrogen-bond acceptors (Lipinski definition) is 5. The molecule has 1 aliphatic heterocycles. The number of morpholine rings is 1. The van der Waals surface area contributed by atoms with E-state index in [4.69, 9.17) is 10.5 Å². The lowest BCUT2D eigenvalue weighted by molar-refractivity contribution is -0.124. The minimum absolute atomic E-state index is 0. The van der Waals surface area contributed by atoms with Gasteiger partial charge in [-0.25, -0.2) is 4.98 Å². The molecule has 0 aliphatic carbocycles. The third-order valence-electron chi connectivity index (χ3n) is 4.06. The lowest BCUT2D eigenvalue weighted by Crippen LogP contribution is -2.48. The predicted octanol–water partition coefficient (Wildman–Crippen LogP) is 2.14. The molecule has 1 fully saturated rings. The van der Waals surface area contributed by atoms with Gasteiger partial charge in [-0.2, -0.15) is 0 Å². The second kappa shape index (κ2) is 10.2. The zero-order valence-electron chi connectivity index (χ0n) is 15.3. The molecule has 2 heterocycles. The second-order valence-electron chi connectivity index (χ2n) is 7.21. The summed E-state index contributed by atoms with van der Waals surface area (Å²) < 4.78 is 5.54. The van der Waals surface area contributed by atoms with E-state index < -0.39 is 6.04 Å². The minimum Gasteiger partial charge on any atom is -0.375 e. The first-order valence-corrected chi connectivity index (χ1v) is 8.12. The number of nitrogens with zero attached hydrogens (tertiary/aromatic N) is 2. The van der Waals surface area contributed by atoms with Crippen LogP contribution in [0, 0.1) is 5.41 Å². The van der Waals surface area contributed by atoms with Gasteiger partial charge in [0.05, 0.1) is 18.8 Å². The van der Waals surface area contributed by atoms with Crippen LogP contribution in [0.2, 0.25) is 0 Å². The first kappa shape index (κ1) is 23.9. The van der Waals surface area contributed by atoms with Crippen molar-refractivity contribution < 1.29 is 9.53 Å². The lowest BCUT2D eigenvalue weighted by atomic mass is 9.87. The van der Waals surface area contributed by atoms with Gasteiger partial charge in [-0.1, -0.05) is 26.8 Å². The summed E-state index contributed by atoms with van der Waals surface area (Å²) in [4.78, 5) is 18.7. The molecular formula is C17H30Cl2N4O2. The van der Waals surface area contributed by atoms with E-state index in [1.54, 1.807) is 6.20 Å². The van der Waals surface area contributed by atoms with Gasteiger partial charge in [0.1, 0.15) is 5.82 Å². The molecule has 0 bridgehead atoms. The van der Waals surface area contributed by atoms with Crippen LogP contribution in [-0.2, 0) is 16.1 Å². The van der Waals surface area contributed by atoms with Gasteiger partial charge in [0.2, 0.25) is 5.91 Å². The minimum atomic E-state index is -0.524. The van der Waals surface area contributed by atoms with Crippen LogP contribution in [0.4, 0.5) is 5.82 Å². The van der Waals surface area contributed by atoms with Crippen molar-refractivity contribution in [2.75, 3.05) is 24.6 Å². The fourth-order valence-corrected chi connectivity index (χ4v) is 2.43. The van der Waals surface area contributed by atoms with Crippen molar-refractivity contribution in [2.45, 2.75) is 46.4 Å². The molecule has 0 spiro atoms. The summed E-state index contributed by atoms with van der Waals surface area (Å²) in [6.07, 6.45) is 2.03. The Hall–Kier alpha value is -1.08. The molecule has 6 nitrogen and oxygen atoms in total. The fraction of sp³-hybridized carbons (Fsp3) is 0.647. The van der Waals surface area contributed by atoms with Gasteiger partial charge in [0, 0.05) is 25.8 Å². The summed E-state index contributed by atoms with van der Waals surface area (Å²) in [7, 11) is 0. The Bertz CT molecular complexity index is 534. The van der Waals surface area contributed by atoms with Crippen molar-refractivity contribution in [2.24, 2.45) is 11.1 Å². The Kier molecular flexibility index (Phi) is 9.72. The van der Waals surface area contributed by atoms with Crippen LogP contribution in [0.25, 0.3) is 0 Å². The van der Waals surface area contributed by atoms with Gasteiger partial charge in [-0.15, -0.1) is 24.8 Å². The smallest absolute Gasteiger partial charge is 0.237 e. The predicted molar refractivity (Wildman–Crippen MR) is 106 cm³/mol. The molecule has 1 unspecified atom stereocenters. The number of nitrogens with two attached hydrogens (primary N) is 1. The van der Waals surface area contributed by atoms with Crippen molar-refractivity contribution in [3.05, 3.63) is 23.9 Å². The number of aromatic nitrogens is 1. The Balaban J connectivity index is 0.00000288. The first-order valence-electron chi connectivity index (χ1n) is 8.12. The van der Waals surface area contributed by atoms with Gasteiger partial charge < -0.3 is 20.7 Å². The number of anilines is 1. The summed E-state index contributed by atoms with van der Waals surface area (Å²) in [6.45, 7) is 10.8. The number of pyridine rings is 1. The van der Waals surface area contributed by atoms with Crippen molar-refractivity contribution in [3.8, 4) is 0 Å². The number of carbonyl (C=O) groups excluding carboxylic acids is 1. The zero-order chi connectivity index (χ0) is 17.0. The number of rotatable bonds is 4. The third kappa shape index (κ3) is 6.98. The summed E-state index contributed by atoms with van der Waals surface area (Å²) in [6, 6.07) is 3.46. The SMILES string of the molecule is CC1CN(c2ccc(CNC(=O)[C@@H](N)C(C)(C)C)cn2)CCO1.Cl.Cl. The van der Waals surface area contributed by atoms with Gasteiger partial charge in [0.25, 0.3) is 0 Å². The van der Waals surface area contributed by atoms with Crippen LogP contribution in [0.3, 0.4) is 0 Å². The van der Waals surface area contributed by atoms with Crippen molar-refractivity contribution in [3.63, 3.8) is 0 Å². The highest BCUT2D eigenvalue weighted by Crippen LogP contribution is 2.18. The molecular weight excluding hydrogens is 363 g/mol. The molecule has 8 heteroatoms. The Morgan fingerprint density at radius 1 is 1.44 bits per heavy atom. The van der Waals surface area contributed by atoms with E-state index in [1.165, 1.54) is 0 Å². The number of amides is 1. The number of hydrogen-bond donors (Lipinski definition) is 2. The number of nitrogens with one attached hydrogen (secondary N) is 1. The molecule has 2 rings (SSSR count). The van der Waals surface area contributed by atoms with E-state index in [2.05, 4.69) is 22.1 Å². The van der Waals surface area contributed by atoms with Gasteiger partial charge in [-0.05, 0) is 24.0 Å². The maximum absolute atomic E-state index is 12.0. The van der Waals surface area contributed by atoms with Crippen LogP contribution in [0.1, 0.15) is 33.3 Å². The zero-order valence-corrected chi connectivity index (χ0v) is 17.0. The largest absolute Gasteiger partial charge is 0.375 e. The first-order chi connectivity index (χ1) is 10.8. The molecule has 1 saturated heterocycles. The fourth-order valence-electron chi connectivity index (χ4n) is 2.43. The summed E-state index contributed by atoms with van der Waals surface area (Å²) >= 11 is 0. The molecule has 144 valence electrons. The van der Waals surface area contributed by atoms with Crippen LogP contribution >= 0.6 is 24.8 Å². The Morgan fingerprint density at radius 3 is 2.64 bits per heavy atom. The summed E-state index contributed by atoms with van der Waals surface area (Å²) in [5.41, 5.74) is 6.66. The lowest BCUT2D eigenvalue weighted by Gasteiger charge is -2.32. The number of halogens is 2. The van der Waals surface area contributed by atoms with Crippen molar-refractivity contribution in [1.82, 2.24) is 10.3 Å². The van der Waals surface area contributed by atoms with Crippen LogP contribution < -0.4 is 16.0 Å². The Labute approximate surface area is 162 Å². The monoisotopic (exact) mass is 392 g/mol. The van der Waals surface area contributed by atoms with Crippen LogP contribution in [0.5, 0.6) is 0 Å². The standard InChI is InChI=1S/C17H28N4O2.2ClH/c1-12-11-21(7-8-23-12)14-6-5-13(9-19-14)10-20-16(22)15(18)17(2,3)4;;/h5-6,9,12,15H,7-8,10-11,18H2,1-4H3,(H,20,22);2*1H/t12?,15-;;/m1../s1. The number of ether oxygens (including phenoxy) is 1. The molecule has 1 aromatic rings. The maximum Gasteiger partial charge on any atom is 0.237 e. The molecule has 25 heavy (non-hydrogen) atoms. The molecule has 0 saturated carbocycles. The van der Waals surface area contributed by atoms with Crippen molar-refractivity contribution in [1.29, 1.82) is 0 Å². The maximum atomic E-state index is 12.0. The Morgan fingerprint density at radius 2 is 2.12 bits per heavy atom. The van der Waals surface area contributed by atoms with E-state index in [0.717, 1.165) is 31.1 Å². The van der Waals surface area contributed by atoms with Crippen LogP contribution in [-0.4, -0.2) is 42.7 Å². The summed E-state index contributed by atoms with van der Waals surface area (Å²) in [5.74, 6) is 0.810.